The highest BCUT2D eigenvalue weighted by atomic mass is 15.1. The van der Waals surface area contributed by atoms with E-state index in [-0.39, 0.29) is 0 Å². The Bertz CT molecular complexity index is 123. The van der Waals surface area contributed by atoms with Gasteiger partial charge in [-0.1, -0.05) is 20.8 Å². The van der Waals surface area contributed by atoms with Crippen LogP contribution in [0.4, 0.5) is 0 Å². The second kappa shape index (κ2) is 8.25. The minimum absolute atomic E-state index is 0.722. The lowest BCUT2D eigenvalue weighted by atomic mass is 10.2. The van der Waals surface area contributed by atoms with Crippen LogP contribution in [-0.2, 0) is 0 Å². The van der Waals surface area contributed by atoms with Crippen molar-refractivity contribution in [2.24, 2.45) is 5.92 Å². The Morgan fingerprint density at radius 3 is 2.36 bits per heavy atom. The van der Waals surface area contributed by atoms with Crippen molar-refractivity contribution in [2.75, 3.05) is 26.7 Å². The van der Waals surface area contributed by atoms with Crippen LogP contribution in [0.1, 0.15) is 40.5 Å². The van der Waals surface area contributed by atoms with Crippen molar-refractivity contribution in [1.82, 2.24) is 10.2 Å². The molecule has 0 bridgehead atoms. The van der Waals surface area contributed by atoms with E-state index in [9.17, 15) is 0 Å². The Morgan fingerprint density at radius 2 is 1.86 bits per heavy atom. The molecule has 0 aliphatic rings. The highest BCUT2D eigenvalue weighted by Crippen LogP contribution is 2.00. The van der Waals surface area contributed by atoms with Crippen LogP contribution in [0.3, 0.4) is 0 Å². The van der Waals surface area contributed by atoms with E-state index in [0.717, 1.165) is 25.0 Å². The van der Waals surface area contributed by atoms with E-state index < -0.39 is 0 Å². The maximum absolute atomic E-state index is 3.47. The summed E-state index contributed by atoms with van der Waals surface area (Å²) in [6.07, 6.45) is 2.50. The standard InChI is InChI=1S/C12H28N2/c1-6-12(4)14(5)9-7-8-13-10-11(2)3/h11-13H,6-10H2,1-5H3. The van der Waals surface area contributed by atoms with Crippen LogP contribution in [0.15, 0.2) is 0 Å². The minimum Gasteiger partial charge on any atom is -0.316 e. The second-order valence-electron chi connectivity index (χ2n) is 4.69. The van der Waals surface area contributed by atoms with E-state index in [1.54, 1.807) is 0 Å². The molecule has 0 aliphatic carbocycles. The van der Waals surface area contributed by atoms with Gasteiger partial charge < -0.3 is 10.2 Å². The highest BCUT2D eigenvalue weighted by Gasteiger charge is 2.04. The van der Waals surface area contributed by atoms with Gasteiger partial charge in [-0.15, -0.1) is 0 Å². The molecule has 0 aliphatic heterocycles. The van der Waals surface area contributed by atoms with Gasteiger partial charge in [-0.3, -0.25) is 0 Å². The Kier molecular flexibility index (Phi) is 8.20. The largest absolute Gasteiger partial charge is 0.316 e. The van der Waals surface area contributed by atoms with Crippen LogP contribution in [0.5, 0.6) is 0 Å². The third kappa shape index (κ3) is 7.34. The van der Waals surface area contributed by atoms with Gasteiger partial charge in [0.15, 0.2) is 0 Å². The SMILES string of the molecule is CCC(C)N(C)CCCNCC(C)C. The average molecular weight is 200 g/mol. The summed E-state index contributed by atoms with van der Waals surface area (Å²) in [5, 5.41) is 3.47. The normalized spacial score (nSPS) is 13.9. The van der Waals surface area contributed by atoms with E-state index in [2.05, 4.69) is 45.0 Å². The molecule has 0 heterocycles. The zero-order valence-corrected chi connectivity index (χ0v) is 10.6. The minimum atomic E-state index is 0.722. The molecule has 2 heteroatoms. The summed E-state index contributed by atoms with van der Waals surface area (Å²) in [5.41, 5.74) is 0. The molecule has 1 N–H and O–H groups in total. The fourth-order valence-corrected chi connectivity index (χ4v) is 1.38. The summed E-state index contributed by atoms with van der Waals surface area (Å²) in [7, 11) is 2.22. The second-order valence-corrected chi connectivity index (χ2v) is 4.69. The molecule has 0 aromatic heterocycles. The molecule has 1 atom stereocenters. The van der Waals surface area contributed by atoms with Gasteiger partial charge in [0, 0.05) is 6.04 Å². The van der Waals surface area contributed by atoms with Gasteiger partial charge in [0.1, 0.15) is 0 Å². The van der Waals surface area contributed by atoms with Gasteiger partial charge >= 0.3 is 0 Å². The quantitative estimate of drug-likeness (QED) is 0.605. The van der Waals surface area contributed by atoms with Crippen molar-refractivity contribution in [3.8, 4) is 0 Å². The maximum Gasteiger partial charge on any atom is 0.00612 e. The molecule has 2 nitrogen and oxygen atoms in total. The van der Waals surface area contributed by atoms with E-state index in [0.29, 0.717) is 0 Å². The van der Waals surface area contributed by atoms with Crippen molar-refractivity contribution >= 4 is 0 Å². The maximum atomic E-state index is 3.47. The molecule has 0 amide bonds. The molecule has 0 saturated heterocycles. The summed E-state index contributed by atoms with van der Waals surface area (Å²) < 4.78 is 0. The van der Waals surface area contributed by atoms with Crippen LogP contribution in [0.25, 0.3) is 0 Å². The molecule has 0 radical (unpaired) electrons. The Hall–Kier alpha value is -0.0800. The molecule has 0 aromatic carbocycles. The third-order valence-corrected chi connectivity index (χ3v) is 2.76. The molecule has 0 saturated carbocycles. The zero-order valence-electron chi connectivity index (χ0n) is 10.6. The number of hydrogen-bond acceptors (Lipinski definition) is 2. The fraction of sp³-hybridized carbons (Fsp3) is 1.00. The molecule has 14 heavy (non-hydrogen) atoms. The van der Waals surface area contributed by atoms with Crippen molar-refractivity contribution < 1.29 is 0 Å². The van der Waals surface area contributed by atoms with Gasteiger partial charge in [0.25, 0.3) is 0 Å². The summed E-state index contributed by atoms with van der Waals surface area (Å²) in [6, 6.07) is 0.722. The van der Waals surface area contributed by atoms with E-state index >= 15 is 0 Å². The van der Waals surface area contributed by atoms with Gasteiger partial charge in [-0.25, -0.2) is 0 Å². The molecule has 0 fully saturated rings. The number of nitrogens with one attached hydrogen (secondary N) is 1. The monoisotopic (exact) mass is 200 g/mol. The molecular formula is C12H28N2. The van der Waals surface area contributed by atoms with E-state index in [1.807, 2.05) is 0 Å². The summed E-state index contributed by atoms with van der Waals surface area (Å²) in [5.74, 6) is 0.766. The fourth-order valence-electron chi connectivity index (χ4n) is 1.38. The Labute approximate surface area is 90.1 Å². The summed E-state index contributed by atoms with van der Waals surface area (Å²) in [6.45, 7) is 12.5. The van der Waals surface area contributed by atoms with Gasteiger partial charge in [0.2, 0.25) is 0 Å². The van der Waals surface area contributed by atoms with Crippen molar-refractivity contribution in [1.29, 1.82) is 0 Å². The number of nitrogens with zero attached hydrogens (tertiary/aromatic N) is 1. The molecular weight excluding hydrogens is 172 g/mol. The third-order valence-electron chi connectivity index (χ3n) is 2.76. The van der Waals surface area contributed by atoms with Crippen LogP contribution < -0.4 is 5.32 Å². The number of rotatable bonds is 8. The lowest BCUT2D eigenvalue weighted by Crippen LogP contribution is -2.31. The summed E-state index contributed by atoms with van der Waals surface area (Å²) >= 11 is 0. The molecule has 0 rings (SSSR count). The predicted octanol–water partition coefficient (Wildman–Crippen LogP) is 2.35. The zero-order chi connectivity index (χ0) is 11.0. The Balaban J connectivity index is 3.27. The van der Waals surface area contributed by atoms with Crippen LogP contribution in [-0.4, -0.2) is 37.6 Å². The van der Waals surface area contributed by atoms with E-state index in [4.69, 9.17) is 0 Å². The van der Waals surface area contributed by atoms with Crippen molar-refractivity contribution in [2.45, 2.75) is 46.6 Å². The van der Waals surface area contributed by atoms with Gasteiger partial charge in [0.05, 0.1) is 0 Å². The highest BCUT2D eigenvalue weighted by molar-refractivity contribution is 4.61. The molecule has 1 unspecified atom stereocenters. The topological polar surface area (TPSA) is 15.3 Å². The van der Waals surface area contributed by atoms with Crippen LogP contribution in [0, 0.1) is 5.92 Å². The molecule has 0 spiro atoms. The predicted molar refractivity (Wildman–Crippen MR) is 64.7 cm³/mol. The van der Waals surface area contributed by atoms with Gasteiger partial charge in [-0.05, 0) is 52.4 Å². The lowest BCUT2D eigenvalue weighted by molar-refractivity contribution is 0.248. The first-order valence-electron chi connectivity index (χ1n) is 5.98. The van der Waals surface area contributed by atoms with Crippen molar-refractivity contribution in [3.05, 3.63) is 0 Å². The first-order valence-corrected chi connectivity index (χ1v) is 5.98. The smallest absolute Gasteiger partial charge is 0.00612 e. The molecule has 86 valence electrons. The van der Waals surface area contributed by atoms with Crippen molar-refractivity contribution in [3.63, 3.8) is 0 Å². The first-order chi connectivity index (χ1) is 6.57. The Morgan fingerprint density at radius 1 is 1.21 bits per heavy atom. The number of hydrogen-bond donors (Lipinski definition) is 1. The van der Waals surface area contributed by atoms with Crippen LogP contribution in [0.2, 0.25) is 0 Å². The lowest BCUT2D eigenvalue weighted by Gasteiger charge is -2.23. The van der Waals surface area contributed by atoms with E-state index in [1.165, 1.54) is 19.4 Å². The molecule has 0 aromatic rings. The van der Waals surface area contributed by atoms with Crippen LogP contribution >= 0.6 is 0 Å². The average Bonchev–Trinajstić information content (AvgIpc) is 2.15. The van der Waals surface area contributed by atoms with Gasteiger partial charge in [-0.2, -0.15) is 0 Å². The first kappa shape index (κ1) is 13.9. The summed E-state index contributed by atoms with van der Waals surface area (Å²) in [4.78, 5) is 2.44.